The summed E-state index contributed by atoms with van der Waals surface area (Å²) >= 11 is 7.24. The number of halogens is 1. The molecule has 0 fully saturated rings. The van der Waals surface area contributed by atoms with Crippen molar-refractivity contribution in [3.8, 4) is 5.75 Å². The van der Waals surface area contributed by atoms with Crippen molar-refractivity contribution >= 4 is 28.8 Å². The fraction of sp³-hybridized carbons (Fsp3) is 0.273. The minimum atomic E-state index is -0.114. The molecule has 1 N–H and O–H groups in total. The van der Waals surface area contributed by atoms with Crippen LogP contribution in [0.1, 0.15) is 31.5 Å². The highest BCUT2D eigenvalue weighted by atomic mass is 35.5. The lowest BCUT2D eigenvalue weighted by Gasteiger charge is -2.14. The number of thiazole rings is 1. The molecule has 2 aromatic carbocycles. The summed E-state index contributed by atoms with van der Waals surface area (Å²) in [7, 11) is 4.06. The van der Waals surface area contributed by atoms with Gasteiger partial charge in [-0.25, -0.2) is 4.98 Å². The Bertz CT molecular complexity index is 970. The smallest absolute Gasteiger partial charge is 0.263 e. The first-order valence-corrected chi connectivity index (χ1v) is 10.5. The van der Waals surface area contributed by atoms with Gasteiger partial charge in [-0.3, -0.25) is 4.79 Å². The molecule has 1 heterocycles. The summed E-state index contributed by atoms with van der Waals surface area (Å²) in [6, 6.07) is 15.3. The van der Waals surface area contributed by atoms with Crippen LogP contribution in [0.5, 0.6) is 5.75 Å². The summed E-state index contributed by atoms with van der Waals surface area (Å²) in [5.74, 6) is 0.600. The van der Waals surface area contributed by atoms with Crippen LogP contribution in [0.2, 0.25) is 5.02 Å². The van der Waals surface area contributed by atoms with E-state index in [4.69, 9.17) is 16.3 Å². The van der Waals surface area contributed by atoms with Crippen molar-refractivity contribution < 1.29 is 9.53 Å². The summed E-state index contributed by atoms with van der Waals surface area (Å²) in [4.78, 5) is 19.9. The number of carbonyl (C=O) groups is 1. The molecular weight excluding hydrogens is 406 g/mol. The van der Waals surface area contributed by atoms with Gasteiger partial charge in [0.1, 0.15) is 22.2 Å². The molecule has 3 rings (SSSR count). The molecule has 0 bridgehead atoms. The van der Waals surface area contributed by atoms with E-state index < -0.39 is 0 Å². The average Bonchev–Trinajstić information content (AvgIpc) is 3.07. The van der Waals surface area contributed by atoms with Crippen LogP contribution < -0.4 is 10.1 Å². The summed E-state index contributed by atoms with van der Waals surface area (Å²) in [6.45, 7) is 3.47. The molecule has 1 amide bonds. The van der Waals surface area contributed by atoms with Crippen LogP contribution in [0.15, 0.2) is 48.5 Å². The van der Waals surface area contributed by atoms with Crippen LogP contribution in [0, 0.1) is 6.92 Å². The van der Waals surface area contributed by atoms with Gasteiger partial charge in [-0.2, -0.15) is 0 Å². The first-order valence-electron chi connectivity index (χ1n) is 9.26. The van der Waals surface area contributed by atoms with Gasteiger partial charge in [-0.05, 0) is 56.4 Å². The number of hydrogen-bond donors (Lipinski definition) is 1. The number of carbonyl (C=O) groups excluding carboxylic acids is 1. The number of rotatable bonds is 8. The molecule has 0 spiro atoms. The lowest BCUT2D eigenvalue weighted by atomic mass is 10.1. The van der Waals surface area contributed by atoms with E-state index in [1.165, 1.54) is 16.9 Å². The summed E-state index contributed by atoms with van der Waals surface area (Å²) in [6.07, 6.45) is 0. The van der Waals surface area contributed by atoms with Crippen molar-refractivity contribution in [3.05, 3.63) is 80.3 Å². The number of aromatic nitrogens is 1. The van der Waals surface area contributed by atoms with Gasteiger partial charge in [0, 0.05) is 18.1 Å². The highest BCUT2D eigenvalue weighted by Gasteiger charge is 2.16. The van der Waals surface area contributed by atoms with E-state index in [1.807, 2.05) is 51.4 Å². The first kappa shape index (κ1) is 21.3. The molecule has 1 aromatic heterocycles. The Morgan fingerprint density at radius 2 is 1.83 bits per heavy atom. The molecule has 152 valence electrons. The van der Waals surface area contributed by atoms with Crippen LogP contribution in [0.3, 0.4) is 0 Å². The number of benzene rings is 2. The van der Waals surface area contributed by atoms with E-state index in [1.54, 1.807) is 12.1 Å². The van der Waals surface area contributed by atoms with Crippen LogP contribution in [-0.4, -0.2) is 29.9 Å². The SMILES string of the molecule is Cc1nc(COc2ccc(Cl)cc2)sc1C(=O)NCc1ccccc1CN(C)C. The monoisotopic (exact) mass is 429 g/mol. The zero-order valence-corrected chi connectivity index (χ0v) is 18.3. The van der Waals surface area contributed by atoms with Gasteiger partial charge in [-0.1, -0.05) is 35.9 Å². The van der Waals surface area contributed by atoms with Crippen molar-refractivity contribution in [1.82, 2.24) is 15.2 Å². The van der Waals surface area contributed by atoms with Gasteiger partial charge in [0.25, 0.3) is 5.91 Å². The summed E-state index contributed by atoms with van der Waals surface area (Å²) in [5.41, 5.74) is 3.03. The second-order valence-electron chi connectivity index (χ2n) is 6.95. The molecule has 0 aliphatic carbocycles. The van der Waals surface area contributed by atoms with Gasteiger partial charge >= 0.3 is 0 Å². The molecule has 0 saturated carbocycles. The van der Waals surface area contributed by atoms with Crippen molar-refractivity contribution in [2.24, 2.45) is 0 Å². The van der Waals surface area contributed by atoms with Crippen molar-refractivity contribution in [3.63, 3.8) is 0 Å². The fourth-order valence-electron chi connectivity index (χ4n) is 2.88. The lowest BCUT2D eigenvalue weighted by molar-refractivity contribution is 0.0954. The van der Waals surface area contributed by atoms with Crippen LogP contribution in [0.25, 0.3) is 0 Å². The van der Waals surface area contributed by atoms with Gasteiger partial charge in [0.2, 0.25) is 0 Å². The van der Waals surface area contributed by atoms with Gasteiger partial charge in [0.15, 0.2) is 0 Å². The molecule has 0 saturated heterocycles. The molecule has 0 atom stereocenters. The first-order chi connectivity index (χ1) is 13.9. The largest absolute Gasteiger partial charge is 0.486 e. The number of hydrogen-bond acceptors (Lipinski definition) is 5. The summed E-state index contributed by atoms with van der Waals surface area (Å²) < 4.78 is 5.73. The third-order valence-corrected chi connectivity index (χ3v) is 5.65. The number of nitrogens with zero attached hydrogens (tertiary/aromatic N) is 2. The normalized spacial score (nSPS) is 10.9. The number of amides is 1. The molecule has 5 nitrogen and oxygen atoms in total. The zero-order valence-electron chi connectivity index (χ0n) is 16.7. The highest BCUT2D eigenvalue weighted by Crippen LogP contribution is 2.22. The Balaban J connectivity index is 1.61. The molecule has 29 heavy (non-hydrogen) atoms. The summed E-state index contributed by atoms with van der Waals surface area (Å²) in [5, 5.41) is 4.44. The molecule has 3 aromatic rings. The Morgan fingerprint density at radius 3 is 2.52 bits per heavy atom. The predicted octanol–water partition coefficient (Wildman–Crippen LogP) is 4.68. The van der Waals surface area contributed by atoms with E-state index in [2.05, 4.69) is 21.3 Å². The molecular formula is C22H24ClN3O2S. The van der Waals surface area contributed by atoms with Crippen LogP contribution in [-0.2, 0) is 19.7 Å². The maximum Gasteiger partial charge on any atom is 0.263 e. The maximum atomic E-state index is 12.7. The molecule has 0 aliphatic heterocycles. The number of nitrogens with one attached hydrogen (secondary N) is 1. The predicted molar refractivity (Wildman–Crippen MR) is 118 cm³/mol. The molecule has 0 radical (unpaired) electrons. The molecule has 7 heteroatoms. The molecule has 0 unspecified atom stereocenters. The Kier molecular flexibility index (Phi) is 7.25. The minimum absolute atomic E-state index is 0.114. The van der Waals surface area contributed by atoms with Crippen LogP contribution in [0.4, 0.5) is 0 Å². The van der Waals surface area contributed by atoms with Gasteiger partial charge < -0.3 is 15.0 Å². The Morgan fingerprint density at radius 1 is 1.14 bits per heavy atom. The van der Waals surface area contributed by atoms with Gasteiger partial charge in [-0.15, -0.1) is 11.3 Å². The minimum Gasteiger partial charge on any atom is -0.486 e. The van der Waals surface area contributed by atoms with Crippen LogP contribution >= 0.6 is 22.9 Å². The second-order valence-corrected chi connectivity index (χ2v) is 8.47. The van der Waals surface area contributed by atoms with E-state index in [0.29, 0.717) is 34.5 Å². The fourth-order valence-corrected chi connectivity index (χ4v) is 3.90. The Hall–Kier alpha value is -2.41. The zero-order chi connectivity index (χ0) is 20.8. The topological polar surface area (TPSA) is 54.5 Å². The van der Waals surface area contributed by atoms with E-state index in [0.717, 1.165) is 17.1 Å². The lowest BCUT2D eigenvalue weighted by Crippen LogP contribution is -2.24. The van der Waals surface area contributed by atoms with E-state index >= 15 is 0 Å². The third-order valence-electron chi connectivity index (χ3n) is 4.27. The van der Waals surface area contributed by atoms with Crippen molar-refractivity contribution in [1.29, 1.82) is 0 Å². The molecule has 0 aliphatic rings. The maximum absolute atomic E-state index is 12.7. The van der Waals surface area contributed by atoms with Crippen molar-refractivity contribution in [2.75, 3.05) is 14.1 Å². The average molecular weight is 430 g/mol. The highest BCUT2D eigenvalue weighted by molar-refractivity contribution is 7.13. The van der Waals surface area contributed by atoms with E-state index in [9.17, 15) is 4.79 Å². The quantitative estimate of drug-likeness (QED) is 0.565. The Labute approximate surface area is 180 Å². The van der Waals surface area contributed by atoms with E-state index in [-0.39, 0.29) is 5.91 Å². The third kappa shape index (κ3) is 6.03. The second kappa shape index (κ2) is 9.87. The number of aryl methyl sites for hydroxylation is 1. The number of ether oxygens (including phenoxy) is 1. The van der Waals surface area contributed by atoms with Gasteiger partial charge in [0.05, 0.1) is 5.69 Å². The van der Waals surface area contributed by atoms with Crippen molar-refractivity contribution in [2.45, 2.75) is 26.6 Å². The standard InChI is InChI=1S/C22H24ClN3O2S/c1-15-21(29-20(25-15)14-28-19-10-8-18(23)9-11-19)22(27)24-12-16-6-4-5-7-17(16)13-26(2)3/h4-11H,12-14H2,1-3H3,(H,24,27).